The molecule has 0 saturated carbocycles. The first-order valence-electron chi connectivity index (χ1n) is 9.31. The smallest absolute Gasteiger partial charge is 0.379 e. The number of halogens is 3. The van der Waals surface area contributed by atoms with Crippen molar-refractivity contribution in [1.82, 2.24) is 4.72 Å². The number of alkyl halides is 3. The maximum Gasteiger partial charge on any atom is 0.416 e. The first-order valence-corrected chi connectivity index (χ1v) is 10.8. The quantitative estimate of drug-likeness (QED) is 0.375. The maximum atomic E-state index is 12.7. The third kappa shape index (κ3) is 6.92. The van der Waals surface area contributed by atoms with Crippen LogP contribution >= 0.6 is 0 Å². The van der Waals surface area contributed by atoms with Gasteiger partial charge in [-0.2, -0.15) is 13.2 Å². The highest BCUT2D eigenvalue weighted by atomic mass is 32.2. The highest BCUT2D eigenvalue weighted by Crippen LogP contribution is 2.34. The van der Waals surface area contributed by atoms with Crippen LogP contribution in [0, 0.1) is 10.1 Å². The molecule has 174 valence electrons. The van der Waals surface area contributed by atoms with Gasteiger partial charge < -0.3 is 10.6 Å². The second-order valence-electron chi connectivity index (χ2n) is 7.01. The van der Waals surface area contributed by atoms with E-state index in [-0.39, 0.29) is 29.6 Å². The summed E-state index contributed by atoms with van der Waals surface area (Å²) >= 11 is 0. The van der Waals surface area contributed by atoms with Gasteiger partial charge in [-0.3, -0.25) is 14.9 Å². The number of anilines is 2. The fraction of sp³-hybridized carbons (Fsp3) is 0.316. The Labute approximate surface area is 182 Å². The van der Waals surface area contributed by atoms with Crippen molar-refractivity contribution in [2.45, 2.75) is 37.4 Å². The lowest BCUT2D eigenvalue weighted by atomic mass is 10.1. The summed E-state index contributed by atoms with van der Waals surface area (Å²) in [5.41, 5.74) is -1.73. The Morgan fingerprint density at radius 3 is 2.28 bits per heavy atom. The van der Waals surface area contributed by atoms with Crippen LogP contribution in [0.25, 0.3) is 0 Å². The van der Waals surface area contributed by atoms with Crippen LogP contribution in [-0.4, -0.2) is 31.8 Å². The topological polar surface area (TPSA) is 130 Å². The van der Waals surface area contributed by atoms with E-state index in [1.165, 1.54) is 24.3 Å². The summed E-state index contributed by atoms with van der Waals surface area (Å²) in [6, 6.07) is 7.23. The Bertz CT molecular complexity index is 1090. The van der Waals surface area contributed by atoms with Gasteiger partial charge in [0, 0.05) is 30.8 Å². The van der Waals surface area contributed by atoms with Crippen molar-refractivity contribution < 1.29 is 31.3 Å². The molecule has 0 spiro atoms. The minimum atomic E-state index is -4.72. The molecule has 0 aliphatic rings. The standard InChI is InChI=1S/C19H21F3N4O5S/c1-12(2)25-32(30,31)15-6-4-14(5-7-15)24-18(27)9-10-23-16-8-3-13(19(20,21)22)11-17(16)26(28)29/h3-8,11-12,23,25H,9-10H2,1-2H3,(H,24,27). The van der Waals surface area contributed by atoms with E-state index < -0.39 is 38.3 Å². The van der Waals surface area contributed by atoms with Crippen LogP contribution in [0.1, 0.15) is 25.8 Å². The molecule has 2 rings (SSSR count). The molecule has 0 unspecified atom stereocenters. The Morgan fingerprint density at radius 2 is 1.75 bits per heavy atom. The molecule has 2 aromatic carbocycles. The average Bonchev–Trinajstić information content (AvgIpc) is 2.66. The molecule has 13 heteroatoms. The molecule has 1 amide bonds. The van der Waals surface area contributed by atoms with Gasteiger partial charge in [0.25, 0.3) is 5.69 Å². The normalized spacial score (nSPS) is 11.9. The van der Waals surface area contributed by atoms with Gasteiger partial charge in [0.15, 0.2) is 0 Å². The van der Waals surface area contributed by atoms with E-state index in [0.29, 0.717) is 17.8 Å². The minimum absolute atomic E-state index is 0.0282. The summed E-state index contributed by atoms with van der Waals surface area (Å²) in [5.74, 6) is -0.483. The number of nitrogens with zero attached hydrogens (tertiary/aromatic N) is 1. The molecule has 0 fully saturated rings. The van der Waals surface area contributed by atoms with E-state index in [9.17, 15) is 36.5 Å². The van der Waals surface area contributed by atoms with Crippen molar-refractivity contribution >= 4 is 33.0 Å². The van der Waals surface area contributed by atoms with Gasteiger partial charge in [-0.25, -0.2) is 13.1 Å². The van der Waals surface area contributed by atoms with Crippen LogP contribution in [0.2, 0.25) is 0 Å². The summed E-state index contributed by atoms with van der Waals surface area (Å²) in [6.45, 7) is 3.28. The minimum Gasteiger partial charge on any atom is -0.379 e. The summed E-state index contributed by atoms with van der Waals surface area (Å²) < 4.78 is 64.8. The monoisotopic (exact) mass is 474 g/mol. The molecule has 0 aliphatic carbocycles. The Morgan fingerprint density at radius 1 is 1.12 bits per heavy atom. The fourth-order valence-corrected chi connectivity index (χ4v) is 3.89. The molecule has 9 nitrogen and oxygen atoms in total. The molecule has 0 heterocycles. The Kier molecular flexibility index (Phi) is 7.80. The van der Waals surface area contributed by atoms with E-state index in [1.54, 1.807) is 13.8 Å². The zero-order valence-corrected chi connectivity index (χ0v) is 17.9. The third-order valence-corrected chi connectivity index (χ3v) is 5.70. The predicted molar refractivity (Wildman–Crippen MR) is 112 cm³/mol. The number of nitro groups is 1. The van der Waals surface area contributed by atoms with E-state index in [1.807, 2.05) is 0 Å². The van der Waals surface area contributed by atoms with Crippen LogP contribution in [0.3, 0.4) is 0 Å². The van der Waals surface area contributed by atoms with Gasteiger partial charge in [0.05, 0.1) is 15.4 Å². The molecule has 32 heavy (non-hydrogen) atoms. The number of amides is 1. The van der Waals surface area contributed by atoms with Gasteiger partial charge in [-0.15, -0.1) is 0 Å². The lowest BCUT2D eigenvalue weighted by molar-refractivity contribution is -0.384. The fourth-order valence-electron chi connectivity index (χ4n) is 2.64. The number of hydrogen-bond acceptors (Lipinski definition) is 6. The first-order chi connectivity index (χ1) is 14.8. The largest absolute Gasteiger partial charge is 0.416 e. The maximum absolute atomic E-state index is 12.7. The van der Waals surface area contributed by atoms with Crippen molar-refractivity contribution in [1.29, 1.82) is 0 Å². The summed E-state index contributed by atoms with van der Waals surface area (Å²) in [4.78, 5) is 22.2. The summed E-state index contributed by atoms with van der Waals surface area (Å²) in [7, 11) is -3.67. The number of nitrogens with one attached hydrogen (secondary N) is 3. The van der Waals surface area contributed by atoms with Gasteiger partial charge in [0.1, 0.15) is 5.69 Å². The van der Waals surface area contributed by atoms with Gasteiger partial charge in [-0.1, -0.05) is 0 Å². The Balaban J connectivity index is 1.96. The summed E-state index contributed by atoms with van der Waals surface area (Å²) in [5, 5.41) is 16.2. The molecule has 0 radical (unpaired) electrons. The molecular weight excluding hydrogens is 453 g/mol. The highest BCUT2D eigenvalue weighted by molar-refractivity contribution is 7.89. The van der Waals surface area contributed by atoms with Crippen LogP contribution in [0.15, 0.2) is 47.4 Å². The number of sulfonamides is 1. The summed E-state index contributed by atoms with van der Waals surface area (Å²) in [6.07, 6.45) is -4.87. The van der Waals surface area contributed by atoms with Crippen molar-refractivity contribution in [2.75, 3.05) is 17.2 Å². The van der Waals surface area contributed by atoms with Crippen molar-refractivity contribution in [3.63, 3.8) is 0 Å². The molecule has 0 aliphatic heterocycles. The van der Waals surface area contributed by atoms with Crippen molar-refractivity contribution in [3.8, 4) is 0 Å². The highest BCUT2D eigenvalue weighted by Gasteiger charge is 2.33. The van der Waals surface area contributed by atoms with Crippen molar-refractivity contribution in [2.24, 2.45) is 0 Å². The number of carbonyl (C=O) groups excluding carboxylic acids is 1. The number of benzene rings is 2. The van der Waals surface area contributed by atoms with E-state index in [4.69, 9.17) is 0 Å². The van der Waals surface area contributed by atoms with E-state index in [0.717, 1.165) is 6.07 Å². The number of nitro benzene ring substituents is 1. The number of rotatable bonds is 9. The first kappa shape index (κ1) is 25.1. The van der Waals surface area contributed by atoms with Crippen LogP contribution in [0.4, 0.5) is 30.2 Å². The number of carbonyl (C=O) groups is 1. The lowest BCUT2D eigenvalue weighted by Crippen LogP contribution is -2.30. The molecule has 3 N–H and O–H groups in total. The lowest BCUT2D eigenvalue weighted by Gasteiger charge is -2.11. The predicted octanol–water partition coefficient (Wildman–Crippen LogP) is 3.74. The average molecular weight is 474 g/mol. The zero-order chi connectivity index (χ0) is 24.1. The zero-order valence-electron chi connectivity index (χ0n) is 17.1. The van der Waals surface area contributed by atoms with Gasteiger partial charge in [-0.05, 0) is 50.2 Å². The van der Waals surface area contributed by atoms with E-state index >= 15 is 0 Å². The van der Waals surface area contributed by atoms with Crippen LogP contribution in [0.5, 0.6) is 0 Å². The molecule has 2 aromatic rings. The Hall–Kier alpha value is -3.19. The van der Waals surface area contributed by atoms with Crippen molar-refractivity contribution in [3.05, 3.63) is 58.1 Å². The SMILES string of the molecule is CC(C)NS(=O)(=O)c1ccc(NC(=O)CCNc2ccc(C(F)(F)F)cc2[N+](=O)[O-])cc1. The molecule has 0 aromatic heterocycles. The number of hydrogen-bond donors (Lipinski definition) is 3. The van der Waals surface area contributed by atoms with Gasteiger partial charge >= 0.3 is 6.18 Å². The molecule has 0 bridgehead atoms. The third-order valence-electron chi connectivity index (χ3n) is 4.03. The van der Waals surface area contributed by atoms with Crippen LogP contribution < -0.4 is 15.4 Å². The second-order valence-corrected chi connectivity index (χ2v) is 8.73. The second kappa shape index (κ2) is 9.96. The van der Waals surface area contributed by atoms with Crippen LogP contribution in [-0.2, 0) is 21.0 Å². The molecular formula is C19H21F3N4O5S. The van der Waals surface area contributed by atoms with E-state index in [2.05, 4.69) is 15.4 Å². The molecule has 0 atom stereocenters. The molecule has 0 saturated heterocycles. The van der Waals surface area contributed by atoms with Gasteiger partial charge in [0.2, 0.25) is 15.9 Å².